The molecule has 0 radical (unpaired) electrons. The summed E-state index contributed by atoms with van der Waals surface area (Å²) in [4.78, 5) is 13.6. The molecule has 0 fully saturated rings. The van der Waals surface area contributed by atoms with E-state index >= 15 is 0 Å². The fraction of sp³-hybridized carbons (Fsp3) is 0.160. The first kappa shape index (κ1) is 18.8. The van der Waals surface area contributed by atoms with Crippen LogP contribution in [0.2, 0.25) is 0 Å². The molecule has 0 saturated heterocycles. The van der Waals surface area contributed by atoms with E-state index in [-0.39, 0.29) is 11.5 Å². The van der Waals surface area contributed by atoms with Gasteiger partial charge >= 0.3 is 0 Å². The number of ether oxygens (including phenoxy) is 2. The van der Waals surface area contributed by atoms with Crippen molar-refractivity contribution in [1.82, 2.24) is 0 Å². The Kier molecular flexibility index (Phi) is 5.09. The van der Waals surface area contributed by atoms with Gasteiger partial charge in [-0.2, -0.15) is 0 Å². The van der Waals surface area contributed by atoms with E-state index in [4.69, 9.17) is 9.47 Å². The van der Waals surface area contributed by atoms with Crippen LogP contribution in [0.25, 0.3) is 11.1 Å². The van der Waals surface area contributed by atoms with Crippen LogP contribution >= 0.6 is 0 Å². The van der Waals surface area contributed by atoms with Crippen LogP contribution in [0.15, 0.2) is 66.7 Å². The Bertz CT molecular complexity index is 1090. The van der Waals surface area contributed by atoms with E-state index < -0.39 is 0 Å². The Morgan fingerprint density at radius 2 is 1.59 bits per heavy atom. The third-order valence-electron chi connectivity index (χ3n) is 5.30. The molecule has 0 amide bonds. The highest BCUT2D eigenvalue weighted by Crippen LogP contribution is 2.40. The van der Waals surface area contributed by atoms with E-state index in [2.05, 4.69) is 0 Å². The van der Waals surface area contributed by atoms with Gasteiger partial charge < -0.3 is 14.6 Å². The zero-order chi connectivity index (χ0) is 20.4. The van der Waals surface area contributed by atoms with Crippen molar-refractivity contribution in [2.75, 3.05) is 14.2 Å². The monoisotopic (exact) mass is 386 g/mol. The molecule has 29 heavy (non-hydrogen) atoms. The lowest BCUT2D eigenvalue weighted by atomic mass is 9.79. The average molecular weight is 386 g/mol. The summed E-state index contributed by atoms with van der Waals surface area (Å²) in [5.74, 6) is 1.61. The molecule has 1 aliphatic carbocycles. The van der Waals surface area contributed by atoms with E-state index in [1.54, 1.807) is 26.4 Å². The number of aryl methyl sites for hydroxylation is 1. The summed E-state index contributed by atoms with van der Waals surface area (Å²) >= 11 is 0. The largest absolute Gasteiger partial charge is 0.508 e. The van der Waals surface area contributed by atoms with Crippen molar-refractivity contribution in [3.05, 3.63) is 89.0 Å². The third-order valence-corrected chi connectivity index (χ3v) is 5.30. The van der Waals surface area contributed by atoms with Gasteiger partial charge in [0.15, 0.2) is 5.78 Å². The number of methoxy groups -OCH3 is 2. The fourth-order valence-corrected chi connectivity index (χ4v) is 3.81. The molecule has 0 heterocycles. The lowest BCUT2D eigenvalue weighted by Gasteiger charge is -2.24. The molecule has 4 rings (SSSR count). The third kappa shape index (κ3) is 3.61. The number of allylic oxidation sites excluding steroid dienone is 2. The molecule has 0 aromatic heterocycles. The summed E-state index contributed by atoms with van der Waals surface area (Å²) in [5, 5.41) is 9.60. The predicted octanol–water partition coefficient (Wildman–Crippen LogP) is 5.15. The minimum Gasteiger partial charge on any atom is -0.508 e. The molecule has 0 spiro atoms. The van der Waals surface area contributed by atoms with Gasteiger partial charge in [0.05, 0.1) is 14.2 Å². The Hall–Kier alpha value is -3.53. The molecule has 4 nitrogen and oxygen atoms in total. The molecule has 0 aliphatic heterocycles. The number of phenolic OH excluding ortho intramolecular Hbond substituents is 1. The Balaban J connectivity index is 1.92. The SMILES string of the molecule is COc1cccc(C2=C(C(=O)c3ccc(O)cc3)c3ccc(OC)cc3CC2)c1. The van der Waals surface area contributed by atoms with Gasteiger partial charge in [-0.15, -0.1) is 0 Å². The zero-order valence-corrected chi connectivity index (χ0v) is 16.4. The highest BCUT2D eigenvalue weighted by Gasteiger charge is 2.26. The van der Waals surface area contributed by atoms with Crippen molar-refractivity contribution in [3.63, 3.8) is 0 Å². The maximum absolute atomic E-state index is 13.6. The highest BCUT2D eigenvalue weighted by molar-refractivity contribution is 6.35. The van der Waals surface area contributed by atoms with Gasteiger partial charge in [-0.1, -0.05) is 18.2 Å². The number of carbonyl (C=O) groups is 1. The molecule has 3 aromatic carbocycles. The second kappa shape index (κ2) is 7.84. The van der Waals surface area contributed by atoms with E-state index in [1.165, 1.54) is 12.1 Å². The van der Waals surface area contributed by atoms with Gasteiger partial charge in [-0.25, -0.2) is 0 Å². The first-order chi connectivity index (χ1) is 14.1. The molecular formula is C25H22O4. The first-order valence-electron chi connectivity index (χ1n) is 9.49. The van der Waals surface area contributed by atoms with Gasteiger partial charge in [0.1, 0.15) is 17.2 Å². The Labute approximate surface area is 170 Å². The van der Waals surface area contributed by atoms with Gasteiger partial charge in [-0.3, -0.25) is 4.79 Å². The van der Waals surface area contributed by atoms with Crippen LogP contribution in [0.1, 0.15) is 33.5 Å². The molecule has 0 atom stereocenters. The van der Waals surface area contributed by atoms with E-state index in [0.717, 1.165) is 46.6 Å². The summed E-state index contributed by atoms with van der Waals surface area (Å²) in [5.41, 5.74) is 5.23. The molecule has 4 heteroatoms. The normalized spacial score (nSPS) is 13.0. The molecular weight excluding hydrogens is 364 g/mol. The first-order valence-corrected chi connectivity index (χ1v) is 9.49. The predicted molar refractivity (Wildman–Crippen MR) is 114 cm³/mol. The minimum absolute atomic E-state index is 0.0612. The number of Topliss-reactive ketones (excluding diaryl/α,β-unsaturated/α-hetero) is 1. The van der Waals surface area contributed by atoms with E-state index in [1.807, 2.05) is 42.5 Å². The van der Waals surface area contributed by atoms with Crippen molar-refractivity contribution < 1.29 is 19.4 Å². The lowest BCUT2D eigenvalue weighted by molar-refractivity contribution is 0.105. The number of fused-ring (bicyclic) bond motifs is 1. The van der Waals surface area contributed by atoms with Crippen molar-refractivity contribution >= 4 is 16.9 Å². The van der Waals surface area contributed by atoms with Crippen LogP contribution in [0.4, 0.5) is 0 Å². The van der Waals surface area contributed by atoms with Gasteiger partial charge in [-0.05, 0) is 83.6 Å². The van der Waals surface area contributed by atoms with Gasteiger partial charge in [0, 0.05) is 11.1 Å². The van der Waals surface area contributed by atoms with E-state index in [9.17, 15) is 9.90 Å². The number of phenols is 1. The standard InChI is InChI=1S/C25H22O4/c1-28-20-5-3-4-17(14-20)22-12-8-18-15-21(29-2)11-13-23(18)24(22)25(27)16-6-9-19(26)10-7-16/h3-7,9-11,13-15,26H,8,12H2,1-2H3. The van der Waals surface area contributed by atoms with Gasteiger partial charge in [0.25, 0.3) is 0 Å². The number of ketones is 1. The number of hydrogen-bond donors (Lipinski definition) is 1. The van der Waals surface area contributed by atoms with Crippen LogP contribution in [0.5, 0.6) is 17.2 Å². The zero-order valence-electron chi connectivity index (χ0n) is 16.4. The quantitative estimate of drug-likeness (QED) is 0.616. The van der Waals surface area contributed by atoms with Crippen molar-refractivity contribution in [1.29, 1.82) is 0 Å². The number of aromatic hydroxyl groups is 1. The molecule has 1 aliphatic rings. The summed E-state index contributed by atoms with van der Waals surface area (Å²) in [6.07, 6.45) is 1.57. The average Bonchev–Trinajstić information content (AvgIpc) is 2.78. The second-order valence-corrected chi connectivity index (χ2v) is 6.98. The molecule has 3 aromatic rings. The summed E-state index contributed by atoms with van der Waals surface area (Å²) < 4.78 is 10.8. The Morgan fingerprint density at radius 1 is 0.862 bits per heavy atom. The smallest absolute Gasteiger partial charge is 0.193 e. The highest BCUT2D eigenvalue weighted by atomic mass is 16.5. The minimum atomic E-state index is -0.0612. The number of benzene rings is 3. The molecule has 146 valence electrons. The van der Waals surface area contributed by atoms with Gasteiger partial charge in [0.2, 0.25) is 0 Å². The summed E-state index contributed by atoms with van der Waals surface area (Å²) in [6, 6.07) is 20.1. The summed E-state index contributed by atoms with van der Waals surface area (Å²) in [7, 11) is 3.28. The van der Waals surface area contributed by atoms with Crippen LogP contribution in [-0.4, -0.2) is 25.1 Å². The van der Waals surface area contributed by atoms with Crippen LogP contribution < -0.4 is 9.47 Å². The van der Waals surface area contributed by atoms with Crippen LogP contribution in [-0.2, 0) is 6.42 Å². The van der Waals surface area contributed by atoms with Crippen LogP contribution in [0.3, 0.4) is 0 Å². The fourth-order valence-electron chi connectivity index (χ4n) is 3.81. The second-order valence-electron chi connectivity index (χ2n) is 6.98. The van der Waals surface area contributed by atoms with Crippen molar-refractivity contribution in [2.45, 2.75) is 12.8 Å². The maximum atomic E-state index is 13.6. The van der Waals surface area contributed by atoms with Crippen molar-refractivity contribution in [2.24, 2.45) is 0 Å². The number of carbonyl (C=O) groups excluding carboxylic acids is 1. The molecule has 0 unspecified atom stereocenters. The molecule has 1 N–H and O–H groups in total. The maximum Gasteiger partial charge on any atom is 0.193 e. The lowest BCUT2D eigenvalue weighted by Crippen LogP contribution is -2.13. The number of rotatable bonds is 5. The van der Waals surface area contributed by atoms with Crippen LogP contribution in [0, 0.1) is 0 Å². The molecule has 0 saturated carbocycles. The van der Waals surface area contributed by atoms with E-state index in [0.29, 0.717) is 11.1 Å². The molecule has 0 bridgehead atoms. The summed E-state index contributed by atoms with van der Waals surface area (Å²) in [6.45, 7) is 0. The number of hydrogen-bond acceptors (Lipinski definition) is 4. The topological polar surface area (TPSA) is 55.8 Å². The Morgan fingerprint density at radius 3 is 2.31 bits per heavy atom. The van der Waals surface area contributed by atoms with Crippen molar-refractivity contribution in [3.8, 4) is 17.2 Å².